The second kappa shape index (κ2) is 9.96. The summed E-state index contributed by atoms with van der Waals surface area (Å²) in [6, 6.07) is 10.4. The first kappa shape index (κ1) is 20.8. The van der Waals surface area contributed by atoms with Crippen LogP contribution in [0.1, 0.15) is 12.5 Å². The molecule has 0 aliphatic rings. The van der Waals surface area contributed by atoms with Crippen LogP contribution in [0.15, 0.2) is 48.5 Å². The lowest BCUT2D eigenvalue weighted by atomic mass is 10.2. The van der Waals surface area contributed by atoms with Crippen LogP contribution in [0.25, 0.3) is 6.08 Å². The van der Waals surface area contributed by atoms with Crippen molar-refractivity contribution < 1.29 is 28.2 Å². The molecular formula is C20H21FN2O5. The normalized spacial score (nSPS) is 11.6. The minimum atomic E-state index is -0.888. The summed E-state index contributed by atoms with van der Waals surface area (Å²) in [7, 11) is 3.05. The molecule has 2 amide bonds. The fraction of sp³-hybridized carbons (Fsp3) is 0.200. The summed E-state index contributed by atoms with van der Waals surface area (Å²) in [5, 5.41) is 0. The molecule has 0 aliphatic heterocycles. The number of halogens is 1. The average molecular weight is 388 g/mol. The predicted molar refractivity (Wildman–Crippen MR) is 101 cm³/mol. The minimum Gasteiger partial charge on any atom is -0.493 e. The zero-order valence-electron chi connectivity index (χ0n) is 15.7. The Morgan fingerprint density at radius 1 is 1.00 bits per heavy atom. The molecule has 1 unspecified atom stereocenters. The zero-order chi connectivity index (χ0) is 20.5. The van der Waals surface area contributed by atoms with Crippen LogP contribution in [-0.4, -0.2) is 32.1 Å². The molecule has 2 rings (SSSR count). The van der Waals surface area contributed by atoms with Gasteiger partial charge in [0.2, 0.25) is 0 Å². The monoisotopic (exact) mass is 388 g/mol. The molecule has 7 nitrogen and oxygen atoms in total. The van der Waals surface area contributed by atoms with E-state index < -0.39 is 23.7 Å². The van der Waals surface area contributed by atoms with E-state index in [0.717, 1.165) is 0 Å². The Morgan fingerprint density at radius 3 is 2.32 bits per heavy atom. The van der Waals surface area contributed by atoms with E-state index in [0.29, 0.717) is 22.8 Å². The molecule has 0 bridgehead atoms. The molecule has 2 aromatic carbocycles. The summed E-state index contributed by atoms with van der Waals surface area (Å²) >= 11 is 0. The standard InChI is InChI=1S/C20H21FN2O5/c1-13(28-16-8-6-15(21)7-9-16)20(25)23-22-19(24)11-5-14-4-10-17(26-2)18(12-14)27-3/h4-13H,1-3H3,(H,22,24)(H,23,25)/b11-5+. The molecule has 2 aromatic rings. The lowest BCUT2D eigenvalue weighted by molar-refractivity contribution is -0.131. The van der Waals surface area contributed by atoms with Crippen molar-refractivity contribution in [3.63, 3.8) is 0 Å². The number of rotatable bonds is 7. The van der Waals surface area contributed by atoms with E-state index in [2.05, 4.69) is 10.9 Å². The molecule has 0 radical (unpaired) electrons. The Balaban J connectivity index is 1.84. The van der Waals surface area contributed by atoms with Gasteiger partial charge in [0.1, 0.15) is 11.6 Å². The van der Waals surface area contributed by atoms with Gasteiger partial charge in [-0.15, -0.1) is 0 Å². The van der Waals surface area contributed by atoms with Crippen LogP contribution in [0, 0.1) is 5.82 Å². The zero-order valence-corrected chi connectivity index (χ0v) is 15.7. The molecule has 0 saturated carbocycles. The van der Waals surface area contributed by atoms with E-state index >= 15 is 0 Å². The molecule has 28 heavy (non-hydrogen) atoms. The molecule has 0 heterocycles. The Morgan fingerprint density at radius 2 is 1.68 bits per heavy atom. The predicted octanol–water partition coefficient (Wildman–Crippen LogP) is 2.47. The minimum absolute atomic E-state index is 0.337. The molecule has 2 N–H and O–H groups in total. The largest absolute Gasteiger partial charge is 0.493 e. The van der Waals surface area contributed by atoms with Gasteiger partial charge in [-0.1, -0.05) is 6.07 Å². The van der Waals surface area contributed by atoms with Crippen LogP contribution in [0.3, 0.4) is 0 Å². The SMILES string of the molecule is COc1ccc(/C=C/C(=O)NNC(=O)C(C)Oc2ccc(F)cc2)cc1OC. The van der Waals surface area contributed by atoms with Crippen LogP contribution in [-0.2, 0) is 9.59 Å². The van der Waals surface area contributed by atoms with Gasteiger partial charge < -0.3 is 14.2 Å². The number of hydrazine groups is 1. The highest BCUT2D eigenvalue weighted by molar-refractivity contribution is 5.93. The van der Waals surface area contributed by atoms with E-state index in [-0.39, 0.29) is 0 Å². The van der Waals surface area contributed by atoms with Gasteiger partial charge in [0.25, 0.3) is 11.8 Å². The lowest BCUT2D eigenvalue weighted by Crippen LogP contribution is -2.46. The van der Waals surface area contributed by atoms with Gasteiger partial charge in [0, 0.05) is 6.08 Å². The molecule has 0 spiro atoms. The summed E-state index contributed by atoms with van der Waals surface area (Å²) in [6.45, 7) is 1.50. The average Bonchev–Trinajstić information content (AvgIpc) is 2.71. The molecular weight excluding hydrogens is 367 g/mol. The van der Waals surface area contributed by atoms with Crippen molar-refractivity contribution in [1.82, 2.24) is 10.9 Å². The van der Waals surface area contributed by atoms with Gasteiger partial charge in [-0.05, 0) is 55.0 Å². The first-order chi connectivity index (χ1) is 13.4. The highest BCUT2D eigenvalue weighted by Gasteiger charge is 2.15. The molecule has 0 aromatic heterocycles. The van der Waals surface area contributed by atoms with Gasteiger partial charge in [-0.25, -0.2) is 4.39 Å². The highest BCUT2D eigenvalue weighted by atomic mass is 19.1. The van der Waals surface area contributed by atoms with E-state index in [1.165, 1.54) is 51.5 Å². The molecule has 8 heteroatoms. The smallest absolute Gasteiger partial charge is 0.279 e. The number of ether oxygens (including phenoxy) is 3. The summed E-state index contributed by atoms with van der Waals surface area (Å²) < 4.78 is 28.6. The highest BCUT2D eigenvalue weighted by Crippen LogP contribution is 2.27. The number of benzene rings is 2. The van der Waals surface area contributed by atoms with Gasteiger partial charge in [-0.2, -0.15) is 0 Å². The van der Waals surface area contributed by atoms with E-state index in [4.69, 9.17) is 14.2 Å². The number of carbonyl (C=O) groups is 2. The molecule has 148 valence electrons. The Labute approximate surface area is 162 Å². The van der Waals surface area contributed by atoms with Crippen molar-refractivity contribution in [3.05, 3.63) is 59.9 Å². The summed E-state index contributed by atoms with van der Waals surface area (Å²) in [4.78, 5) is 23.8. The number of hydrogen-bond acceptors (Lipinski definition) is 5. The molecule has 0 fully saturated rings. The second-order valence-electron chi connectivity index (χ2n) is 5.64. The van der Waals surface area contributed by atoms with Gasteiger partial charge in [0.15, 0.2) is 17.6 Å². The van der Waals surface area contributed by atoms with Crippen molar-refractivity contribution >= 4 is 17.9 Å². The van der Waals surface area contributed by atoms with Crippen LogP contribution in [0.2, 0.25) is 0 Å². The summed E-state index contributed by atoms with van der Waals surface area (Å²) in [6.07, 6.45) is 1.93. The number of hydrogen-bond donors (Lipinski definition) is 2. The third-order valence-electron chi connectivity index (χ3n) is 3.64. The van der Waals surface area contributed by atoms with E-state index in [9.17, 15) is 14.0 Å². The summed E-state index contributed by atoms with van der Waals surface area (Å²) in [5.41, 5.74) is 5.23. The third kappa shape index (κ3) is 6.01. The maximum Gasteiger partial charge on any atom is 0.279 e. The lowest BCUT2D eigenvalue weighted by Gasteiger charge is -2.14. The van der Waals surface area contributed by atoms with Crippen molar-refractivity contribution in [2.45, 2.75) is 13.0 Å². The Bertz CT molecular complexity index is 852. The molecule has 0 saturated heterocycles. The summed E-state index contributed by atoms with van der Waals surface area (Å²) in [5.74, 6) is -0.0485. The maximum atomic E-state index is 12.9. The number of methoxy groups -OCH3 is 2. The van der Waals surface area contributed by atoms with Crippen LogP contribution in [0.5, 0.6) is 17.2 Å². The topological polar surface area (TPSA) is 85.9 Å². The molecule has 1 atom stereocenters. The Hall–Kier alpha value is -3.55. The number of carbonyl (C=O) groups excluding carboxylic acids is 2. The first-order valence-electron chi connectivity index (χ1n) is 8.35. The van der Waals surface area contributed by atoms with Crippen molar-refractivity contribution in [2.24, 2.45) is 0 Å². The van der Waals surface area contributed by atoms with Crippen LogP contribution in [0.4, 0.5) is 4.39 Å². The fourth-order valence-electron chi connectivity index (χ4n) is 2.17. The van der Waals surface area contributed by atoms with Gasteiger partial charge >= 0.3 is 0 Å². The van der Waals surface area contributed by atoms with Crippen LogP contribution < -0.4 is 25.1 Å². The van der Waals surface area contributed by atoms with Crippen molar-refractivity contribution in [3.8, 4) is 17.2 Å². The van der Waals surface area contributed by atoms with Gasteiger partial charge in [-0.3, -0.25) is 20.4 Å². The van der Waals surface area contributed by atoms with E-state index in [1.807, 2.05) is 0 Å². The number of nitrogens with one attached hydrogen (secondary N) is 2. The second-order valence-corrected chi connectivity index (χ2v) is 5.64. The third-order valence-corrected chi connectivity index (χ3v) is 3.64. The van der Waals surface area contributed by atoms with Gasteiger partial charge in [0.05, 0.1) is 14.2 Å². The maximum absolute atomic E-state index is 12.9. The first-order valence-corrected chi connectivity index (χ1v) is 8.35. The van der Waals surface area contributed by atoms with Crippen molar-refractivity contribution in [1.29, 1.82) is 0 Å². The fourth-order valence-corrected chi connectivity index (χ4v) is 2.17. The molecule has 0 aliphatic carbocycles. The number of amides is 2. The Kier molecular flexibility index (Phi) is 7.38. The van der Waals surface area contributed by atoms with Crippen molar-refractivity contribution in [2.75, 3.05) is 14.2 Å². The van der Waals surface area contributed by atoms with E-state index in [1.54, 1.807) is 24.3 Å². The van der Waals surface area contributed by atoms with Crippen LogP contribution >= 0.6 is 0 Å². The quantitative estimate of drug-likeness (QED) is 0.562.